The Morgan fingerprint density at radius 3 is 1.63 bits per heavy atom. The Morgan fingerprint density at radius 1 is 0.683 bits per heavy atom. The Balaban J connectivity index is 0.00000231. The molecule has 0 spiro atoms. The van der Waals surface area contributed by atoms with Crippen molar-refractivity contribution < 1.29 is 46.1 Å². The van der Waals surface area contributed by atoms with Crippen molar-refractivity contribution in [2.45, 2.75) is 89.6 Å². The van der Waals surface area contributed by atoms with E-state index in [1.54, 1.807) is 14.4 Å². The van der Waals surface area contributed by atoms with Crippen LogP contribution < -0.4 is 24.8 Å². The maximum absolute atomic E-state index is 2.82. The zero-order chi connectivity index (χ0) is 28.2. The van der Waals surface area contributed by atoms with Gasteiger partial charge in [-0.25, -0.2) is 0 Å². The van der Waals surface area contributed by atoms with Gasteiger partial charge in [0.1, 0.15) is 0 Å². The number of hydrogen-bond donors (Lipinski definition) is 0. The molecule has 0 aliphatic heterocycles. The molecule has 0 radical (unpaired) electrons. The second-order valence-corrected chi connectivity index (χ2v) is 20.9. The molecule has 0 amide bonds. The molecule has 0 saturated carbocycles. The van der Waals surface area contributed by atoms with Crippen molar-refractivity contribution in [1.82, 2.24) is 0 Å². The Kier molecular flexibility index (Phi) is 10.4. The molecule has 216 valence electrons. The van der Waals surface area contributed by atoms with Crippen LogP contribution in [0.2, 0.25) is 0 Å². The van der Waals surface area contributed by atoms with Gasteiger partial charge < -0.3 is 24.8 Å². The molecule has 3 heteroatoms. The summed E-state index contributed by atoms with van der Waals surface area (Å²) in [6.45, 7) is 21.2. The first-order chi connectivity index (χ1) is 18.2. The van der Waals surface area contributed by atoms with E-state index >= 15 is 0 Å². The van der Waals surface area contributed by atoms with E-state index in [0.29, 0.717) is 3.63 Å². The molecule has 0 unspecified atom stereocenters. The van der Waals surface area contributed by atoms with E-state index in [0.717, 1.165) is 12.8 Å². The Labute approximate surface area is 269 Å². The van der Waals surface area contributed by atoms with Crippen LogP contribution in [0.3, 0.4) is 0 Å². The number of benzene rings is 3. The van der Waals surface area contributed by atoms with E-state index in [2.05, 4.69) is 145 Å². The summed E-state index contributed by atoms with van der Waals surface area (Å²) in [7, 11) is 0. The van der Waals surface area contributed by atoms with Gasteiger partial charge in [0.05, 0.1) is 0 Å². The molecule has 2 aliphatic rings. The number of hydrogen-bond acceptors (Lipinski definition) is 0. The molecule has 0 fully saturated rings. The Bertz CT molecular complexity index is 1420. The van der Waals surface area contributed by atoms with Gasteiger partial charge in [0, 0.05) is 0 Å². The van der Waals surface area contributed by atoms with Crippen molar-refractivity contribution in [3.63, 3.8) is 0 Å². The minimum atomic E-state index is -2.35. The molecule has 0 aromatic heterocycles. The summed E-state index contributed by atoms with van der Waals surface area (Å²) in [6, 6.07) is 25.9. The average molecular weight is 665 g/mol. The SMILES string of the molecule is CC(C)(C)C1=CC[C](/[Zr+2](=[CH]/Cc2ccccc2)[CH]2c3cc(C(C)(C)C)ccc3-c3ccc(C(C)(C)C)cc32)=C1.[Cl-].[Cl-]. The van der Waals surface area contributed by atoms with Gasteiger partial charge in [-0.05, 0) is 0 Å². The van der Waals surface area contributed by atoms with E-state index in [4.69, 9.17) is 0 Å². The molecule has 5 rings (SSSR count). The summed E-state index contributed by atoms with van der Waals surface area (Å²) in [5.41, 5.74) is 12.4. The van der Waals surface area contributed by atoms with Crippen LogP contribution in [0.15, 0.2) is 87.7 Å². The molecule has 0 bridgehead atoms. The van der Waals surface area contributed by atoms with Gasteiger partial charge in [-0.3, -0.25) is 0 Å². The summed E-state index contributed by atoms with van der Waals surface area (Å²) >= 11 is -2.35. The largest absolute Gasteiger partial charge is 1.00 e. The average Bonchev–Trinajstić information content (AvgIpc) is 3.47. The first-order valence-corrected chi connectivity index (χ1v) is 18.7. The van der Waals surface area contributed by atoms with Crippen LogP contribution in [0.5, 0.6) is 0 Å². The van der Waals surface area contributed by atoms with Crippen LogP contribution in [0, 0.1) is 5.41 Å². The topological polar surface area (TPSA) is 0 Å². The van der Waals surface area contributed by atoms with Gasteiger partial charge in [-0.1, -0.05) is 0 Å². The molecule has 0 N–H and O–H groups in total. The minimum Gasteiger partial charge on any atom is -1.00 e. The minimum absolute atomic E-state index is 0. The monoisotopic (exact) mass is 662 g/mol. The Morgan fingerprint density at radius 2 is 1.20 bits per heavy atom. The predicted molar refractivity (Wildman–Crippen MR) is 168 cm³/mol. The molecule has 41 heavy (non-hydrogen) atoms. The number of rotatable bonds is 4. The molecule has 2 aliphatic carbocycles. The summed E-state index contributed by atoms with van der Waals surface area (Å²) in [4.78, 5) is 0. The predicted octanol–water partition coefficient (Wildman–Crippen LogP) is 4.28. The van der Waals surface area contributed by atoms with Crippen LogP contribution in [-0.2, 0) is 38.5 Å². The third kappa shape index (κ3) is 7.17. The van der Waals surface area contributed by atoms with Crippen LogP contribution in [-0.4, -0.2) is 3.71 Å². The van der Waals surface area contributed by atoms with Crippen molar-refractivity contribution in [3.05, 3.63) is 116 Å². The fourth-order valence-electron chi connectivity index (χ4n) is 6.05. The van der Waals surface area contributed by atoms with Crippen molar-refractivity contribution >= 4 is 3.71 Å². The van der Waals surface area contributed by atoms with Crippen molar-refractivity contribution in [2.24, 2.45) is 5.41 Å². The van der Waals surface area contributed by atoms with E-state index < -0.39 is 21.3 Å². The van der Waals surface area contributed by atoms with E-state index in [-0.39, 0.29) is 41.1 Å². The molecule has 0 atom stereocenters. The van der Waals surface area contributed by atoms with E-state index in [9.17, 15) is 0 Å². The third-order valence-corrected chi connectivity index (χ3v) is 15.9. The maximum Gasteiger partial charge on any atom is -1.00 e. The zero-order valence-corrected chi connectivity index (χ0v) is 30.3. The molecule has 0 heterocycles. The van der Waals surface area contributed by atoms with Gasteiger partial charge in [-0.2, -0.15) is 0 Å². The second-order valence-electron chi connectivity index (χ2n) is 14.7. The normalized spacial score (nSPS) is 15.0. The van der Waals surface area contributed by atoms with Gasteiger partial charge in [0.15, 0.2) is 0 Å². The van der Waals surface area contributed by atoms with Crippen LogP contribution in [0.25, 0.3) is 11.1 Å². The van der Waals surface area contributed by atoms with Crippen molar-refractivity contribution in [3.8, 4) is 11.1 Å². The van der Waals surface area contributed by atoms with Crippen LogP contribution >= 0.6 is 0 Å². The van der Waals surface area contributed by atoms with Gasteiger partial charge in [0.2, 0.25) is 0 Å². The molecular weight excluding hydrogens is 619 g/mol. The molecular formula is C38H46Cl2Zr. The summed E-state index contributed by atoms with van der Waals surface area (Å²) < 4.78 is 5.09. The van der Waals surface area contributed by atoms with Gasteiger partial charge in [-0.15, -0.1) is 0 Å². The number of fused-ring (bicyclic) bond motifs is 3. The Hall–Kier alpha value is -1.53. The van der Waals surface area contributed by atoms with Gasteiger partial charge >= 0.3 is 247 Å². The van der Waals surface area contributed by atoms with E-state index in [1.165, 1.54) is 33.4 Å². The fraction of sp³-hybridized carbons (Fsp3) is 0.395. The smallest absolute Gasteiger partial charge is 1.00 e. The summed E-state index contributed by atoms with van der Waals surface area (Å²) in [6.07, 6.45) is 7.35. The van der Waals surface area contributed by atoms with Crippen molar-refractivity contribution in [2.75, 3.05) is 0 Å². The molecule has 0 nitrogen and oxygen atoms in total. The second kappa shape index (κ2) is 12.6. The molecule has 3 aromatic rings. The van der Waals surface area contributed by atoms with Gasteiger partial charge in [0.25, 0.3) is 0 Å². The summed E-state index contributed by atoms with van der Waals surface area (Å²) in [5, 5.41) is 0. The fourth-order valence-corrected chi connectivity index (χ4v) is 13.8. The van der Waals surface area contributed by atoms with Crippen LogP contribution in [0.1, 0.15) is 100 Å². The molecule has 3 aromatic carbocycles. The standard InChI is InChI=1S/C21H25.C9H13.C8H8.2ClH.Zr/c1-20(2,3)16-7-9-18-14(12-16)11-15-13-17(21(4,5)6)8-10-19(15)18;1-9(2,3)8-6-4-5-7-8;1-2-8-6-4-3-5-7-8;;;/h7-13H,1-6H3;6-7H,4H2,1-3H3;1,3-7H,2H2;2*1H;/q;;;;;+2/p-2. The van der Waals surface area contributed by atoms with Crippen molar-refractivity contribution in [1.29, 1.82) is 0 Å². The summed E-state index contributed by atoms with van der Waals surface area (Å²) in [5.74, 6) is 0. The first-order valence-electron chi connectivity index (χ1n) is 14.7. The quantitative estimate of drug-likeness (QED) is 0.391. The van der Waals surface area contributed by atoms with E-state index in [1.807, 2.05) is 0 Å². The zero-order valence-electron chi connectivity index (χ0n) is 26.3. The number of allylic oxidation sites excluding steroid dienone is 4. The maximum atomic E-state index is 2.82. The first kappa shape index (κ1) is 34.0. The number of halogens is 2. The van der Waals surface area contributed by atoms with Crippen LogP contribution in [0.4, 0.5) is 0 Å². The molecule has 0 saturated heterocycles. The third-order valence-electron chi connectivity index (χ3n) is 8.57.